The van der Waals surface area contributed by atoms with Crippen molar-refractivity contribution in [1.29, 1.82) is 0 Å². The molecule has 2 aromatic rings. The minimum atomic E-state index is -1.10. The summed E-state index contributed by atoms with van der Waals surface area (Å²) >= 11 is 0. The summed E-state index contributed by atoms with van der Waals surface area (Å²) in [6.45, 7) is 0.750. The number of fused-ring (bicyclic) bond motifs is 4. The summed E-state index contributed by atoms with van der Waals surface area (Å²) in [4.78, 5) is 40.0. The van der Waals surface area contributed by atoms with Crippen molar-refractivity contribution >= 4 is 34.0 Å². The number of rotatable bonds is 4. The van der Waals surface area contributed by atoms with Crippen LogP contribution in [0.15, 0.2) is 41.2 Å². The van der Waals surface area contributed by atoms with Crippen LogP contribution in [0.5, 0.6) is 5.75 Å². The molecule has 2 saturated carbocycles. The molecule has 0 radical (unpaired) electrons. The Bertz CT molecular complexity index is 1430. The van der Waals surface area contributed by atoms with Crippen LogP contribution >= 0.6 is 0 Å². The lowest BCUT2D eigenvalue weighted by atomic mass is 9.61. The molecule has 2 fully saturated rings. The quantitative estimate of drug-likeness (QED) is 0.485. The SMILES string of the molecule is CN(Cc1ccc2cc3c(c(O)c2c1)C(O)=C1C(=O)C2C(O)=C(C(N)=O)C(=O)CC2C[C@@H]1C3)C1CC1. The highest BCUT2D eigenvalue weighted by Crippen LogP contribution is 2.51. The second-order valence-corrected chi connectivity index (χ2v) is 10.7. The van der Waals surface area contributed by atoms with Crippen LogP contribution in [0.4, 0.5) is 0 Å². The number of hydrogen-bond donors (Lipinski definition) is 4. The topological polar surface area (TPSA) is 141 Å². The van der Waals surface area contributed by atoms with Crippen LogP contribution in [0, 0.1) is 17.8 Å². The van der Waals surface area contributed by atoms with E-state index in [0.717, 1.165) is 23.1 Å². The zero-order chi connectivity index (χ0) is 25.5. The molecule has 36 heavy (non-hydrogen) atoms. The van der Waals surface area contributed by atoms with Gasteiger partial charge in [-0.25, -0.2) is 0 Å². The van der Waals surface area contributed by atoms with E-state index >= 15 is 0 Å². The number of hydrogen-bond acceptors (Lipinski definition) is 7. The van der Waals surface area contributed by atoms with Crippen molar-refractivity contribution in [3.05, 3.63) is 57.9 Å². The highest BCUT2D eigenvalue weighted by atomic mass is 16.3. The van der Waals surface area contributed by atoms with Crippen LogP contribution in [-0.4, -0.2) is 50.8 Å². The van der Waals surface area contributed by atoms with Gasteiger partial charge < -0.3 is 21.1 Å². The summed E-state index contributed by atoms with van der Waals surface area (Å²) in [5, 5.41) is 34.7. The summed E-state index contributed by atoms with van der Waals surface area (Å²) in [5.74, 6) is -5.07. The van der Waals surface area contributed by atoms with Gasteiger partial charge in [0.25, 0.3) is 5.91 Å². The fraction of sp³-hybridized carbons (Fsp3) is 0.393. The third-order valence-corrected chi connectivity index (χ3v) is 8.36. The number of nitrogens with zero attached hydrogens (tertiary/aromatic N) is 1. The normalized spacial score (nSPS) is 25.8. The first-order valence-electron chi connectivity index (χ1n) is 12.4. The molecule has 8 nitrogen and oxygen atoms in total. The van der Waals surface area contributed by atoms with Crippen molar-refractivity contribution in [2.45, 2.75) is 44.7 Å². The van der Waals surface area contributed by atoms with Gasteiger partial charge in [0.15, 0.2) is 11.6 Å². The predicted molar refractivity (Wildman–Crippen MR) is 132 cm³/mol. The number of nitrogens with two attached hydrogens (primary N) is 1. The molecule has 0 aliphatic heterocycles. The minimum Gasteiger partial charge on any atom is -0.511 e. The minimum absolute atomic E-state index is 0.0583. The van der Waals surface area contributed by atoms with Crippen LogP contribution in [0.2, 0.25) is 0 Å². The molecule has 0 bridgehead atoms. The zero-order valence-corrected chi connectivity index (χ0v) is 20.0. The number of aromatic hydroxyl groups is 1. The Hall–Kier alpha value is -3.65. The Balaban J connectivity index is 1.44. The van der Waals surface area contributed by atoms with Crippen LogP contribution < -0.4 is 5.73 Å². The monoisotopic (exact) mass is 488 g/mol. The molecule has 6 rings (SSSR count). The molecule has 0 saturated heterocycles. The van der Waals surface area contributed by atoms with E-state index in [4.69, 9.17) is 5.73 Å². The molecule has 1 amide bonds. The van der Waals surface area contributed by atoms with Crippen LogP contribution in [0.3, 0.4) is 0 Å². The first-order chi connectivity index (χ1) is 17.2. The number of benzene rings is 2. The van der Waals surface area contributed by atoms with Crippen LogP contribution in [0.1, 0.15) is 42.4 Å². The molecule has 186 valence electrons. The zero-order valence-electron chi connectivity index (χ0n) is 20.0. The molecule has 4 aliphatic carbocycles. The summed E-state index contributed by atoms with van der Waals surface area (Å²) in [6.07, 6.45) is 3.14. The van der Waals surface area contributed by atoms with Gasteiger partial charge in [-0.05, 0) is 67.1 Å². The molecule has 0 spiro atoms. The maximum atomic E-state index is 13.6. The number of primary amides is 1. The molecule has 2 unspecified atom stereocenters. The first kappa shape index (κ1) is 22.8. The smallest absolute Gasteiger partial charge is 0.255 e. The summed E-state index contributed by atoms with van der Waals surface area (Å²) in [5.41, 5.74) is 6.91. The van der Waals surface area contributed by atoms with Gasteiger partial charge in [-0.1, -0.05) is 18.2 Å². The van der Waals surface area contributed by atoms with E-state index in [9.17, 15) is 29.7 Å². The Morgan fingerprint density at radius 2 is 1.86 bits per heavy atom. The average Bonchev–Trinajstić information content (AvgIpc) is 3.64. The maximum Gasteiger partial charge on any atom is 0.255 e. The van der Waals surface area contributed by atoms with E-state index in [-0.39, 0.29) is 35.0 Å². The number of aliphatic hydroxyl groups is 2. The maximum absolute atomic E-state index is 13.6. The molecule has 2 aromatic carbocycles. The van der Waals surface area contributed by atoms with E-state index in [2.05, 4.69) is 11.9 Å². The molecule has 8 heteroatoms. The van der Waals surface area contributed by atoms with Crippen molar-refractivity contribution in [1.82, 2.24) is 4.90 Å². The number of amides is 1. The lowest BCUT2D eigenvalue weighted by Crippen LogP contribution is -2.44. The summed E-state index contributed by atoms with van der Waals surface area (Å²) in [6, 6.07) is 8.48. The molecular formula is C28H28N2O6. The Labute approximate surface area is 207 Å². The standard InChI is InChI=1S/C28H28N2O6/c1-30(17-4-5-17)11-12-2-3-13-7-14-8-15-9-16-10-19(31)23(28(29)36)27(35)22(16)26(34)21(15)25(33)20(14)24(32)18(13)6-12/h2-3,6-7,15-17,22,32-33,35H,4-5,8-11H2,1H3,(H2,29,36)/t15-,16?,22?/m0/s1. The lowest BCUT2D eigenvalue weighted by molar-refractivity contribution is -0.127. The van der Waals surface area contributed by atoms with Crippen molar-refractivity contribution in [3.8, 4) is 5.75 Å². The van der Waals surface area contributed by atoms with E-state index < -0.39 is 40.6 Å². The van der Waals surface area contributed by atoms with Gasteiger partial charge in [0.05, 0.1) is 11.5 Å². The second kappa shape index (κ2) is 7.93. The third-order valence-electron chi connectivity index (χ3n) is 8.36. The molecule has 4 aliphatic rings. The molecular weight excluding hydrogens is 460 g/mol. The van der Waals surface area contributed by atoms with Gasteiger partial charge in [-0.15, -0.1) is 0 Å². The summed E-state index contributed by atoms with van der Waals surface area (Å²) < 4.78 is 0. The number of allylic oxidation sites excluding steroid dienone is 2. The van der Waals surface area contributed by atoms with Gasteiger partial charge in [-0.2, -0.15) is 0 Å². The van der Waals surface area contributed by atoms with Crippen LogP contribution in [0.25, 0.3) is 16.5 Å². The van der Waals surface area contributed by atoms with Gasteiger partial charge in [0.2, 0.25) is 0 Å². The van der Waals surface area contributed by atoms with Crippen molar-refractivity contribution in [2.24, 2.45) is 23.5 Å². The molecule has 3 atom stereocenters. The number of phenolic OH excluding ortho intramolecular Hbond substituents is 1. The van der Waals surface area contributed by atoms with Crippen LogP contribution in [-0.2, 0) is 27.3 Å². The number of carbonyl (C=O) groups is 3. The number of phenols is 1. The van der Waals surface area contributed by atoms with Crippen molar-refractivity contribution < 1.29 is 29.7 Å². The highest BCUT2D eigenvalue weighted by Gasteiger charge is 2.50. The average molecular weight is 489 g/mol. The molecule has 0 heterocycles. The van der Waals surface area contributed by atoms with Gasteiger partial charge >= 0.3 is 0 Å². The number of ketones is 2. The third kappa shape index (κ3) is 3.35. The van der Waals surface area contributed by atoms with Crippen molar-refractivity contribution in [2.75, 3.05) is 7.05 Å². The highest BCUT2D eigenvalue weighted by molar-refractivity contribution is 6.21. The number of Topliss-reactive ketones (excluding diaryl/α,β-unsaturated/α-hetero) is 2. The number of aliphatic hydroxyl groups excluding tert-OH is 2. The van der Waals surface area contributed by atoms with E-state index in [0.29, 0.717) is 24.3 Å². The molecule has 0 aromatic heterocycles. The van der Waals surface area contributed by atoms with E-state index in [1.165, 1.54) is 12.8 Å². The fourth-order valence-corrected chi connectivity index (χ4v) is 6.49. The largest absolute Gasteiger partial charge is 0.511 e. The Morgan fingerprint density at radius 3 is 2.56 bits per heavy atom. The summed E-state index contributed by atoms with van der Waals surface area (Å²) in [7, 11) is 2.08. The van der Waals surface area contributed by atoms with Gasteiger partial charge in [0.1, 0.15) is 22.8 Å². The Morgan fingerprint density at radius 1 is 1.11 bits per heavy atom. The number of carbonyl (C=O) groups excluding carboxylic acids is 3. The second-order valence-electron chi connectivity index (χ2n) is 10.7. The first-order valence-corrected chi connectivity index (χ1v) is 12.4. The lowest BCUT2D eigenvalue weighted by Gasteiger charge is -2.41. The van der Waals surface area contributed by atoms with E-state index in [1.54, 1.807) is 0 Å². The van der Waals surface area contributed by atoms with Gasteiger partial charge in [0, 0.05) is 30.0 Å². The van der Waals surface area contributed by atoms with Gasteiger partial charge in [-0.3, -0.25) is 19.3 Å². The van der Waals surface area contributed by atoms with E-state index in [1.807, 2.05) is 24.3 Å². The Kier molecular flexibility index (Phi) is 5.02. The predicted octanol–water partition coefficient (Wildman–Crippen LogP) is 3.06. The molecule has 5 N–H and O–H groups in total. The fourth-order valence-electron chi connectivity index (χ4n) is 6.49. The van der Waals surface area contributed by atoms with Crippen molar-refractivity contribution in [3.63, 3.8) is 0 Å².